The van der Waals surface area contributed by atoms with E-state index in [0.29, 0.717) is 6.04 Å². The van der Waals surface area contributed by atoms with Gasteiger partial charge in [0.2, 0.25) is 0 Å². The average molecular weight is 252 g/mol. The lowest BCUT2D eigenvalue weighted by Gasteiger charge is -2.24. The molecule has 0 aromatic carbocycles. The number of rotatable bonds is 7. The summed E-state index contributed by atoms with van der Waals surface area (Å²) < 4.78 is 0. The lowest BCUT2D eigenvalue weighted by molar-refractivity contribution is 0.260. The fraction of sp³-hybridized carbons (Fsp3) is 0.929. The smallest absolute Gasteiger partial charge is 0.103 e. The third-order valence-electron chi connectivity index (χ3n) is 3.94. The first-order valence-corrected chi connectivity index (χ1v) is 7.06. The highest BCUT2D eigenvalue weighted by atomic mass is 15.2. The van der Waals surface area contributed by atoms with E-state index in [1.165, 1.54) is 19.5 Å². The van der Waals surface area contributed by atoms with Crippen molar-refractivity contribution in [3.63, 3.8) is 0 Å². The Morgan fingerprint density at radius 2 is 2.22 bits per heavy atom. The summed E-state index contributed by atoms with van der Waals surface area (Å²) in [5, 5.41) is 12.5. The molecule has 1 rings (SSSR count). The molecule has 1 fully saturated rings. The molecular weight excluding hydrogens is 224 g/mol. The van der Waals surface area contributed by atoms with Gasteiger partial charge in [-0.05, 0) is 59.9 Å². The normalized spacial score (nSPS) is 24.1. The molecule has 4 heteroatoms. The van der Waals surface area contributed by atoms with Gasteiger partial charge in [-0.1, -0.05) is 6.92 Å². The van der Waals surface area contributed by atoms with Crippen LogP contribution >= 0.6 is 0 Å². The first-order valence-electron chi connectivity index (χ1n) is 7.06. The van der Waals surface area contributed by atoms with Crippen LogP contribution in [0.15, 0.2) is 0 Å². The highest BCUT2D eigenvalue weighted by Crippen LogP contribution is 2.16. The van der Waals surface area contributed by atoms with E-state index in [0.717, 1.165) is 25.9 Å². The summed E-state index contributed by atoms with van der Waals surface area (Å²) in [6, 6.07) is 3.10. The topological polar surface area (TPSA) is 42.3 Å². The van der Waals surface area contributed by atoms with Gasteiger partial charge in [-0.25, -0.2) is 0 Å². The Kier molecular flexibility index (Phi) is 6.07. The minimum atomic E-state index is -0.352. The van der Waals surface area contributed by atoms with Crippen LogP contribution in [0.3, 0.4) is 0 Å². The molecule has 0 aromatic rings. The Morgan fingerprint density at radius 3 is 2.72 bits per heavy atom. The van der Waals surface area contributed by atoms with Gasteiger partial charge in [-0.2, -0.15) is 5.26 Å². The second-order valence-corrected chi connectivity index (χ2v) is 5.78. The van der Waals surface area contributed by atoms with Gasteiger partial charge in [0, 0.05) is 12.6 Å². The van der Waals surface area contributed by atoms with Crippen LogP contribution in [0.5, 0.6) is 0 Å². The zero-order valence-electron chi connectivity index (χ0n) is 12.4. The van der Waals surface area contributed by atoms with Crippen LogP contribution < -0.4 is 5.32 Å². The van der Waals surface area contributed by atoms with E-state index in [1.807, 2.05) is 6.92 Å². The predicted molar refractivity (Wildman–Crippen MR) is 75.5 cm³/mol. The van der Waals surface area contributed by atoms with Gasteiger partial charge in [0.15, 0.2) is 0 Å². The average Bonchev–Trinajstić information content (AvgIpc) is 2.78. The Labute approximate surface area is 112 Å². The first kappa shape index (κ1) is 15.4. The van der Waals surface area contributed by atoms with E-state index < -0.39 is 0 Å². The standard InChI is InChI=1S/C14H28N4/c1-5-16-14(2,12-15)8-6-9-18-10-7-13(11-18)17(3)4/h13,16H,5-11H2,1-4H3. The van der Waals surface area contributed by atoms with Crippen LogP contribution in [0.4, 0.5) is 0 Å². The SMILES string of the molecule is CCNC(C)(C#N)CCCN1CCC(N(C)C)C1. The van der Waals surface area contributed by atoms with Gasteiger partial charge in [0.05, 0.1) is 6.07 Å². The van der Waals surface area contributed by atoms with Crippen LogP contribution in [0.25, 0.3) is 0 Å². The monoisotopic (exact) mass is 252 g/mol. The summed E-state index contributed by atoms with van der Waals surface area (Å²) in [7, 11) is 4.32. The number of nitrogens with one attached hydrogen (secondary N) is 1. The van der Waals surface area contributed by atoms with Gasteiger partial charge in [-0.3, -0.25) is 5.32 Å². The van der Waals surface area contributed by atoms with E-state index in [9.17, 15) is 5.26 Å². The van der Waals surface area contributed by atoms with E-state index in [-0.39, 0.29) is 5.54 Å². The second kappa shape index (κ2) is 7.08. The number of nitriles is 1. The number of likely N-dealkylation sites (N-methyl/N-ethyl adjacent to an activating group) is 1. The molecule has 0 spiro atoms. The van der Waals surface area contributed by atoms with Crippen molar-refractivity contribution in [1.29, 1.82) is 5.26 Å². The first-order chi connectivity index (χ1) is 8.50. The fourth-order valence-corrected chi connectivity index (χ4v) is 2.67. The number of hydrogen-bond acceptors (Lipinski definition) is 4. The van der Waals surface area contributed by atoms with Gasteiger partial charge >= 0.3 is 0 Å². The third-order valence-corrected chi connectivity index (χ3v) is 3.94. The molecule has 1 aliphatic rings. The third kappa shape index (κ3) is 4.56. The second-order valence-electron chi connectivity index (χ2n) is 5.78. The molecule has 0 amide bonds. The Bertz CT molecular complexity index is 284. The Balaban J connectivity index is 2.25. The zero-order chi connectivity index (χ0) is 13.6. The molecule has 1 saturated heterocycles. The molecule has 1 heterocycles. The molecule has 0 radical (unpaired) electrons. The van der Waals surface area contributed by atoms with Crippen LogP contribution in [0, 0.1) is 11.3 Å². The molecule has 0 bridgehead atoms. The van der Waals surface area contributed by atoms with E-state index >= 15 is 0 Å². The van der Waals surface area contributed by atoms with Crippen molar-refractivity contribution < 1.29 is 0 Å². The van der Waals surface area contributed by atoms with Crippen LogP contribution in [0.2, 0.25) is 0 Å². The fourth-order valence-electron chi connectivity index (χ4n) is 2.67. The molecule has 1 aliphatic heterocycles. The quantitative estimate of drug-likeness (QED) is 0.741. The molecular formula is C14H28N4. The van der Waals surface area contributed by atoms with Gasteiger partial charge in [-0.15, -0.1) is 0 Å². The maximum Gasteiger partial charge on any atom is 0.103 e. The van der Waals surface area contributed by atoms with Crippen molar-refractivity contribution in [2.75, 3.05) is 40.3 Å². The minimum Gasteiger partial charge on any atom is -0.305 e. The van der Waals surface area contributed by atoms with Crippen molar-refractivity contribution in [3.05, 3.63) is 0 Å². The van der Waals surface area contributed by atoms with Crippen molar-refractivity contribution in [3.8, 4) is 6.07 Å². The minimum absolute atomic E-state index is 0.352. The van der Waals surface area contributed by atoms with Crippen molar-refractivity contribution in [2.45, 2.75) is 44.7 Å². The molecule has 1 N–H and O–H groups in total. The molecule has 18 heavy (non-hydrogen) atoms. The summed E-state index contributed by atoms with van der Waals surface area (Å²) in [5.41, 5.74) is -0.352. The molecule has 0 aliphatic carbocycles. The van der Waals surface area contributed by atoms with Crippen LogP contribution in [-0.2, 0) is 0 Å². The zero-order valence-corrected chi connectivity index (χ0v) is 12.4. The van der Waals surface area contributed by atoms with Gasteiger partial charge < -0.3 is 9.80 Å². The molecule has 4 nitrogen and oxygen atoms in total. The number of likely N-dealkylation sites (tertiary alicyclic amines) is 1. The largest absolute Gasteiger partial charge is 0.305 e. The summed E-state index contributed by atoms with van der Waals surface area (Å²) in [6.07, 6.45) is 3.30. The van der Waals surface area contributed by atoms with Crippen molar-refractivity contribution >= 4 is 0 Å². The lowest BCUT2D eigenvalue weighted by Crippen LogP contribution is -2.41. The lowest BCUT2D eigenvalue weighted by atomic mass is 9.97. The number of hydrogen-bond donors (Lipinski definition) is 1. The summed E-state index contributed by atoms with van der Waals surface area (Å²) >= 11 is 0. The van der Waals surface area contributed by atoms with E-state index in [2.05, 4.69) is 42.2 Å². The molecule has 0 saturated carbocycles. The summed E-state index contributed by atoms with van der Waals surface area (Å²) in [5.74, 6) is 0. The van der Waals surface area contributed by atoms with E-state index in [1.54, 1.807) is 0 Å². The van der Waals surface area contributed by atoms with Crippen LogP contribution in [-0.4, -0.2) is 61.7 Å². The van der Waals surface area contributed by atoms with Crippen molar-refractivity contribution in [2.24, 2.45) is 0 Å². The Hall–Kier alpha value is -0.630. The predicted octanol–water partition coefficient (Wildman–Crippen LogP) is 1.29. The van der Waals surface area contributed by atoms with Crippen molar-refractivity contribution in [1.82, 2.24) is 15.1 Å². The maximum absolute atomic E-state index is 9.19. The summed E-state index contributed by atoms with van der Waals surface area (Å²) in [4.78, 5) is 4.84. The Morgan fingerprint density at radius 1 is 1.50 bits per heavy atom. The molecule has 2 unspecified atom stereocenters. The van der Waals surface area contributed by atoms with Gasteiger partial charge in [0.25, 0.3) is 0 Å². The highest BCUT2D eigenvalue weighted by molar-refractivity contribution is 5.03. The van der Waals surface area contributed by atoms with Gasteiger partial charge in [0.1, 0.15) is 5.54 Å². The van der Waals surface area contributed by atoms with Crippen LogP contribution in [0.1, 0.15) is 33.1 Å². The maximum atomic E-state index is 9.19. The molecule has 0 aromatic heterocycles. The number of nitrogens with zero attached hydrogens (tertiary/aromatic N) is 3. The summed E-state index contributed by atoms with van der Waals surface area (Å²) in [6.45, 7) is 8.41. The molecule has 104 valence electrons. The van der Waals surface area contributed by atoms with E-state index in [4.69, 9.17) is 0 Å². The highest BCUT2D eigenvalue weighted by Gasteiger charge is 2.25. The molecule has 2 atom stereocenters.